The molecule has 0 bridgehead atoms. The molecule has 0 aliphatic carbocycles. The number of hydrogen-bond acceptors (Lipinski definition) is 2. The third-order valence-electron chi connectivity index (χ3n) is 4.78. The van der Waals surface area contributed by atoms with Crippen molar-refractivity contribution in [2.75, 3.05) is 6.54 Å². The lowest BCUT2D eigenvalue weighted by atomic mass is 9.95. The fourth-order valence-electron chi connectivity index (χ4n) is 3.14. The van der Waals surface area contributed by atoms with Crippen molar-refractivity contribution in [2.24, 2.45) is 5.92 Å². The number of nitrogens with one attached hydrogen (secondary N) is 2. The Kier molecular flexibility index (Phi) is 5.78. The molecule has 2 aromatic carbocycles. The average Bonchev–Trinajstić information content (AvgIpc) is 3.11. The van der Waals surface area contributed by atoms with E-state index in [1.165, 1.54) is 0 Å². The van der Waals surface area contributed by atoms with Crippen LogP contribution in [-0.4, -0.2) is 18.4 Å². The van der Waals surface area contributed by atoms with Gasteiger partial charge >= 0.3 is 12.4 Å². The Morgan fingerprint density at radius 3 is 1.63 bits per heavy atom. The zero-order valence-corrected chi connectivity index (χ0v) is 15.3. The second kappa shape index (κ2) is 8.00. The molecule has 3 rings (SSSR count). The van der Waals surface area contributed by atoms with Crippen LogP contribution in [0.4, 0.5) is 26.3 Å². The lowest BCUT2D eigenvalue weighted by Gasteiger charge is -2.22. The van der Waals surface area contributed by atoms with Crippen molar-refractivity contribution in [1.29, 1.82) is 0 Å². The van der Waals surface area contributed by atoms with Crippen molar-refractivity contribution in [3.8, 4) is 0 Å². The van der Waals surface area contributed by atoms with Crippen LogP contribution in [0, 0.1) is 5.92 Å². The van der Waals surface area contributed by atoms with Gasteiger partial charge in [0.2, 0.25) is 11.8 Å². The van der Waals surface area contributed by atoms with Crippen LogP contribution >= 0.6 is 0 Å². The van der Waals surface area contributed by atoms with Crippen LogP contribution in [0.25, 0.3) is 0 Å². The van der Waals surface area contributed by atoms with Crippen molar-refractivity contribution < 1.29 is 35.9 Å². The number of carbonyl (C=O) groups is 2. The van der Waals surface area contributed by atoms with E-state index in [0.29, 0.717) is 0 Å². The minimum atomic E-state index is -4.55. The number of hydrogen-bond donors (Lipinski definition) is 2. The summed E-state index contributed by atoms with van der Waals surface area (Å²) in [6.07, 6.45) is -9.15. The van der Waals surface area contributed by atoms with E-state index in [4.69, 9.17) is 0 Å². The normalized spacial score (nSPS) is 17.2. The van der Waals surface area contributed by atoms with Gasteiger partial charge in [-0.1, -0.05) is 24.3 Å². The van der Waals surface area contributed by atoms with Gasteiger partial charge in [0.1, 0.15) is 0 Å². The summed E-state index contributed by atoms with van der Waals surface area (Å²) in [6.45, 7) is 0.109. The van der Waals surface area contributed by atoms with Gasteiger partial charge in [0.25, 0.3) is 0 Å². The summed E-state index contributed by atoms with van der Waals surface area (Å²) in [6, 6.07) is 6.97. The number of carbonyl (C=O) groups excluding carboxylic acids is 2. The predicted molar refractivity (Wildman–Crippen MR) is 94.0 cm³/mol. The quantitative estimate of drug-likeness (QED) is 0.719. The molecule has 160 valence electrons. The molecule has 1 heterocycles. The van der Waals surface area contributed by atoms with Gasteiger partial charge in [-0.15, -0.1) is 0 Å². The fraction of sp³-hybridized carbons (Fsp3) is 0.300. The van der Waals surface area contributed by atoms with Crippen LogP contribution < -0.4 is 10.6 Å². The number of rotatable bonds is 4. The van der Waals surface area contributed by atoms with Gasteiger partial charge in [-0.2, -0.15) is 26.3 Å². The highest BCUT2D eigenvalue weighted by molar-refractivity contribution is 5.89. The summed E-state index contributed by atoms with van der Waals surface area (Å²) >= 11 is 0. The molecule has 2 amide bonds. The van der Waals surface area contributed by atoms with E-state index in [1.807, 2.05) is 0 Å². The second-order valence-electron chi connectivity index (χ2n) is 6.89. The molecule has 0 spiro atoms. The molecular weight excluding hydrogens is 414 g/mol. The van der Waals surface area contributed by atoms with Crippen molar-refractivity contribution in [3.63, 3.8) is 0 Å². The van der Waals surface area contributed by atoms with Crippen molar-refractivity contribution in [2.45, 2.75) is 24.8 Å². The first-order valence-corrected chi connectivity index (χ1v) is 8.86. The van der Waals surface area contributed by atoms with Crippen molar-refractivity contribution >= 4 is 11.8 Å². The molecule has 0 saturated carbocycles. The monoisotopic (exact) mass is 430 g/mol. The fourth-order valence-corrected chi connectivity index (χ4v) is 3.14. The van der Waals surface area contributed by atoms with E-state index in [1.54, 1.807) is 0 Å². The molecule has 4 nitrogen and oxygen atoms in total. The van der Waals surface area contributed by atoms with Gasteiger partial charge in [0.15, 0.2) is 0 Å². The second-order valence-corrected chi connectivity index (χ2v) is 6.89. The Labute approximate surface area is 167 Å². The summed E-state index contributed by atoms with van der Waals surface area (Å²) in [4.78, 5) is 23.9. The van der Waals surface area contributed by atoms with Crippen LogP contribution in [0.5, 0.6) is 0 Å². The van der Waals surface area contributed by atoms with Crippen molar-refractivity contribution in [1.82, 2.24) is 10.6 Å². The molecule has 1 fully saturated rings. The molecule has 1 aliphatic rings. The molecule has 0 radical (unpaired) electrons. The average molecular weight is 430 g/mol. The van der Waals surface area contributed by atoms with Gasteiger partial charge in [0, 0.05) is 13.0 Å². The number of halogens is 6. The lowest BCUT2D eigenvalue weighted by Crippen LogP contribution is -2.35. The van der Waals surface area contributed by atoms with E-state index in [-0.39, 0.29) is 30.0 Å². The van der Waals surface area contributed by atoms with E-state index in [9.17, 15) is 35.9 Å². The summed E-state index contributed by atoms with van der Waals surface area (Å²) in [5, 5.41) is 5.14. The highest BCUT2D eigenvalue weighted by Gasteiger charge is 2.33. The zero-order valence-electron chi connectivity index (χ0n) is 15.3. The summed E-state index contributed by atoms with van der Waals surface area (Å²) in [5.41, 5.74) is -1.27. The van der Waals surface area contributed by atoms with Crippen LogP contribution in [0.3, 0.4) is 0 Å². The number of benzene rings is 2. The Hall–Kier alpha value is -3.04. The number of alkyl halides is 6. The molecular formula is C20H16F6N2O2. The van der Waals surface area contributed by atoms with Gasteiger partial charge in [0.05, 0.1) is 23.1 Å². The van der Waals surface area contributed by atoms with Gasteiger partial charge in [-0.05, 0) is 35.4 Å². The Morgan fingerprint density at radius 2 is 1.30 bits per heavy atom. The Balaban J connectivity index is 1.92. The van der Waals surface area contributed by atoms with Crippen molar-refractivity contribution in [3.05, 3.63) is 70.8 Å². The standard InChI is InChI=1S/C20H16F6N2O2/c21-19(22,23)14-5-1-11(2-6-14)17(28-18(30)13-9-16(29)27-10-13)12-3-7-15(8-4-12)20(24,25)26/h1-8,13,17H,9-10H2,(H,27,29)(H,28,30)/t13-/m0/s1. The van der Waals surface area contributed by atoms with Gasteiger partial charge in [-0.25, -0.2) is 0 Å². The molecule has 0 unspecified atom stereocenters. The highest BCUT2D eigenvalue weighted by atomic mass is 19.4. The van der Waals surface area contributed by atoms with Crippen LogP contribution in [0.2, 0.25) is 0 Å². The molecule has 30 heavy (non-hydrogen) atoms. The minimum Gasteiger partial charge on any atom is -0.355 e. The number of amides is 2. The maximum absolute atomic E-state index is 12.8. The van der Waals surface area contributed by atoms with Crippen LogP contribution in [0.15, 0.2) is 48.5 Å². The van der Waals surface area contributed by atoms with Crippen LogP contribution in [0.1, 0.15) is 34.7 Å². The lowest BCUT2D eigenvalue weighted by molar-refractivity contribution is -0.138. The Morgan fingerprint density at radius 1 is 0.867 bits per heavy atom. The Bertz CT molecular complexity index is 863. The van der Waals surface area contributed by atoms with E-state index < -0.39 is 41.3 Å². The summed E-state index contributed by atoms with van der Waals surface area (Å²) in [7, 11) is 0. The SMILES string of the molecule is O=C1C[C@H](C(=O)NC(c2ccc(C(F)(F)F)cc2)c2ccc(C(F)(F)F)cc2)CN1. The topological polar surface area (TPSA) is 58.2 Å². The zero-order chi connectivity index (χ0) is 22.1. The highest BCUT2D eigenvalue weighted by Crippen LogP contribution is 2.33. The first-order valence-electron chi connectivity index (χ1n) is 8.86. The molecule has 0 aromatic heterocycles. The first-order chi connectivity index (χ1) is 13.9. The maximum atomic E-state index is 12.8. The van der Waals surface area contributed by atoms with E-state index in [0.717, 1.165) is 48.5 Å². The molecule has 1 atom stereocenters. The van der Waals surface area contributed by atoms with E-state index >= 15 is 0 Å². The van der Waals surface area contributed by atoms with Crippen LogP contribution in [-0.2, 0) is 21.9 Å². The van der Waals surface area contributed by atoms with Gasteiger partial charge < -0.3 is 10.6 Å². The summed E-state index contributed by atoms with van der Waals surface area (Å²) in [5.74, 6) is -1.52. The van der Waals surface area contributed by atoms with Gasteiger partial charge in [-0.3, -0.25) is 9.59 Å². The molecule has 1 aliphatic heterocycles. The third-order valence-corrected chi connectivity index (χ3v) is 4.78. The smallest absolute Gasteiger partial charge is 0.355 e. The molecule has 2 N–H and O–H groups in total. The predicted octanol–water partition coefficient (Wildman–Crippen LogP) is 4.07. The third kappa shape index (κ3) is 4.92. The molecule has 1 saturated heterocycles. The minimum absolute atomic E-state index is 0.0431. The largest absolute Gasteiger partial charge is 0.416 e. The summed E-state index contributed by atoms with van der Waals surface area (Å²) < 4.78 is 77.0. The molecule has 10 heteroatoms. The first kappa shape index (κ1) is 21.7. The maximum Gasteiger partial charge on any atom is 0.416 e. The van der Waals surface area contributed by atoms with E-state index in [2.05, 4.69) is 10.6 Å². The molecule has 2 aromatic rings.